The van der Waals surface area contributed by atoms with Gasteiger partial charge in [0.2, 0.25) is 0 Å². The number of aryl methyl sites for hydroxylation is 1. The number of thiazole rings is 1. The van der Waals surface area contributed by atoms with Crippen LogP contribution in [0.5, 0.6) is 0 Å². The minimum absolute atomic E-state index is 0.0355. The van der Waals surface area contributed by atoms with E-state index in [9.17, 15) is 9.59 Å². The Balaban J connectivity index is 1.21. The summed E-state index contributed by atoms with van der Waals surface area (Å²) in [5.74, 6) is 0.554. The lowest BCUT2D eigenvalue weighted by atomic mass is 9.94. The van der Waals surface area contributed by atoms with Gasteiger partial charge in [0.05, 0.1) is 30.3 Å². The zero-order valence-electron chi connectivity index (χ0n) is 21.7. The molecule has 2 aliphatic rings. The number of hydrogen-bond acceptors (Lipinski definition) is 8. The minimum atomic E-state index is -0.289. The van der Waals surface area contributed by atoms with Gasteiger partial charge in [0.1, 0.15) is 16.2 Å². The molecule has 4 aromatic rings. The zero-order valence-corrected chi connectivity index (χ0v) is 22.5. The van der Waals surface area contributed by atoms with E-state index in [4.69, 9.17) is 14.1 Å². The summed E-state index contributed by atoms with van der Waals surface area (Å²) in [6, 6.07) is 15.5. The number of amides is 1. The van der Waals surface area contributed by atoms with Crippen LogP contribution in [0.2, 0.25) is 0 Å². The molecule has 4 heterocycles. The fourth-order valence-corrected chi connectivity index (χ4v) is 6.31. The maximum atomic E-state index is 12.7. The van der Waals surface area contributed by atoms with E-state index >= 15 is 0 Å². The van der Waals surface area contributed by atoms with E-state index < -0.39 is 0 Å². The number of hydrogen-bond donors (Lipinski definition) is 2. The molecule has 0 aliphatic carbocycles. The highest BCUT2D eigenvalue weighted by Gasteiger charge is 2.35. The third-order valence-electron chi connectivity index (χ3n) is 6.97. The number of aromatic nitrogens is 1. The van der Waals surface area contributed by atoms with Crippen LogP contribution >= 0.6 is 11.3 Å². The molecule has 1 atom stereocenters. The number of carbonyl (C=O) groups is 1. The molecular weight excluding hydrogens is 500 g/mol. The number of ether oxygens (including phenoxy) is 1. The molecule has 2 aliphatic heterocycles. The van der Waals surface area contributed by atoms with Crippen LogP contribution in [0.4, 0.5) is 16.5 Å². The molecule has 38 heavy (non-hydrogen) atoms. The Hall–Kier alpha value is -3.69. The van der Waals surface area contributed by atoms with E-state index in [1.54, 1.807) is 13.0 Å². The van der Waals surface area contributed by atoms with Gasteiger partial charge in [-0.1, -0.05) is 23.5 Å². The van der Waals surface area contributed by atoms with Crippen molar-refractivity contribution in [1.29, 1.82) is 0 Å². The van der Waals surface area contributed by atoms with Crippen LogP contribution in [0, 0.1) is 6.92 Å². The van der Waals surface area contributed by atoms with Crippen molar-refractivity contribution in [3.63, 3.8) is 0 Å². The standard InChI is InChI=1S/C29H30N4O4S/c1-17-11-24(34)22-8-7-20(14-25(22)37-17)30-19-6-4-5-18(12-19)13-21-16-36-10-9-33(21)28-31-23-15-29(2,3)32-27(35)26(23)38-28/h4-8,11-12,14,21,30H,9-10,13,15-16H2,1-3H3,(H,32,35). The molecule has 0 saturated carbocycles. The lowest BCUT2D eigenvalue weighted by Crippen LogP contribution is -2.48. The highest BCUT2D eigenvalue weighted by Crippen LogP contribution is 2.34. The van der Waals surface area contributed by atoms with E-state index in [0.29, 0.717) is 29.9 Å². The molecule has 1 fully saturated rings. The first-order chi connectivity index (χ1) is 18.2. The molecule has 1 unspecified atom stereocenters. The molecule has 6 rings (SSSR count). The number of nitrogens with zero attached hydrogens (tertiary/aromatic N) is 2. The highest BCUT2D eigenvalue weighted by atomic mass is 32.1. The van der Waals surface area contributed by atoms with Crippen molar-refractivity contribution in [2.24, 2.45) is 0 Å². The summed E-state index contributed by atoms with van der Waals surface area (Å²) in [5.41, 5.74) is 4.08. The molecule has 0 spiro atoms. The van der Waals surface area contributed by atoms with Gasteiger partial charge in [-0.05, 0) is 57.0 Å². The number of carbonyl (C=O) groups excluding carboxylic acids is 1. The number of rotatable bonds is 5. The number of anilines is 3. The van der Waals surface area contributed by atoms with Gasteiger partial charge in [-0.3, -0.25) is 9.59 Å². The average molecular weight is 531 g/mol. The minimum Gasteiger partial charge on any atom is -0.461 e. The Kier molecular flexibility index (Phi) is 6.20. The van der Waals surface area contributed by atoms with Crippen molar-refractivity contribution in [1.82, 2.24) is 10.3 Å². The van der Waals surface area contributed by atoms with E-state index in [-0.39, 0.29) is 22.9 Å². The van der Waals surface area contributed by atoms with Crippen molar-refractivity contribution >= 4 is 44.7 Å². The molecule has 0 radical (unpaired) electrons. The first-order valence-corrected chi connectivity index (χ1v) is 13.6. The monoisotopic (exact) mass is 530 g/mol. The number of benzene rings is 2. The summed E-state index contributed by atoms with van der Waals surface area (Å²) < 4.78 is 11.6. The van der Waals surface area contributed by atoms with Gasteiger partial charge in [0.15, 0.2) is 10.6 Å². The molecular formula is C29H30N4O4S. The second-order valence-electron chi connectivity index (χ2n) is 10.7. The molecule has 0 bridgehead atoms. The van der Waals surface area contributed by atoms with Gasteiger partial charge in [0.25, 0.3) is 5.91 Å². The topological polar surface area (TPSA) is 96.7 Å². The summed E-state index contributed by atoms with van der Waals surface area (Å²) in [7, 11) is 0. The van der Waals surface area contributed by atoms with E-state index in [1.165, 1.54) is 23.0 Å². The first-order valence-electron chi connectivity index (χ1n) is 12.8. The third kappa shape index (κ3) is 4.91. The van der Waals surface area contributed by atoms with E-state index in [0.717, 1.165) is 46.5 Å². The van der Waals surface area contributed by atoms with Crippen molar-refractivity contribution in [2.75, 3.05) is 30.0 Å². The maximum absolute atomic E-state index is 12.7. The zero-order chi connectivity index (χ0) is 26.4. The van der Waals surface area contributed by atoms with Gasteiger partial charge in [-0.15, -0.1) is 0 Å². The smallest absolute Gasteiger partial charge is 0.263 e. The number of morpholine rings is 1. The number of nitrogens with one attached hydrogen (secondary N) is 2. The summed E-state index contributed by atoms with van der Waals surface area (Å²) in [6.45, 7) is 7.81. The first kappa shape index (κ1) is 24.6. The summed E-state index contributed by atoms with van der Waals surface area (Å²) >= 11 is 1.48. The van der Waals surface area contributed by atoms with Crippen LogP contribution in [0.1, 0.15) is 40.5 Å². The van der Waals surface area contributed by atoms with Crippen LogP contribution in [-0.2, 0) is 17.6 Å². The molecule has 196 valence electrons. The fraction of sp³-hybridized carbons (Fsp3) is 0.345. The van der Waals surface area contributed by atoms with Crippen LogP contribution in [0.25, 0.3) is 11.0 Å². The summed E-state index contributed by atoms with van der Waals surface area (Å²) in [5, 5.41) is 7.97. The second-order valence-corrected chi connectivity index (χ2v) is 11.6. The fourth-order valence-electron chi connectivity index (χ4n) is 5.23. The van der Waals surface area contributed by atoms with Crippen molar-refractivity contribution in [3.8, 4) is 0 Å². The normalized spacial score (nSPS) is 18.8. The Morgan fingerprint density at radius 3 is 2.87 bits per heavy atom. The predicted molar refractivity (Wildman–Crippen MR) is 150 cm³/mol. The Morgan fingerprint density at radius 2 is 2.00 bits per heavy atom. The van der Waals surface area contributed by atoms with Gasteiger partial charge in [-0.2, -0.15) is 0 Å². The number of fused-ring (bicyclic) bond motifs is 2. The van der Waals surface area contributed by atoms with Crippen LogP contribution in [-0.4, -0.2) is 42.2 Å². The maximum Gasteiger partial charge on any atom is 0.263 e. The lowest BCUT2D eigenvalue weighted by Gasteiger charge is -2.35. The SMILES string of the molecule is Cc1cc(=O)c2ccc(Nc3cccc(CC4COCCN4c4nc5c(s4)C(=O)NC(C)(C)C5)c3)cc2o1. The Morgan fingerprint density at radius 1 is 1.16 bits per heavy atom. The van der Waals surface area contributed by atoms with Crippen molar-refractivity contribution in [2.45, 2.75) is 45.2 Å². The lowest BCUT2D eigenvalue weighted by molar-refractivity contribution is 0.0900. The van der Waals surface area contributed by atoms with E-state index in [1.807, 2.05) is 38.1 Å². The highest BCUT2D eigenvalue weighted by molar-refractivity contribution is 7.17. The van der Waals surface area contributed by atoms with Gasteiger partial charge in [-0.25, -0.2) is 4.98 Å². The van der Waals surface area contributed by atoms with Gasteiger partial charge < -0.3 is 24.7 Å². The van der Waals surface area contributed by atoms with Crippen molar-refractivity contribution < 1.29 is 13.9 Å². The van der Waals surface area contributed by atoms with Crippen molar-refractivity contribution in [3.05, 3.63) is 80.6 Å². The van der Waals surface area contributed by atoms with Crippen LogP contribution in [0.15, 0.2) is 57.7 Å². The summed E-state index contributed by atoms with van der Waals surface area (Å²) in [4.78, 5) is 32.8. The molecule has 1 amide bonds. The largest absolute Gasteiger partial charge is 0.461 e. The molecule has 2 aromatic carbocycles. The van der Waals surface area contributed by atoms with Gasteiger partial charge >= 0.3 is 0 Å². The average Bonchev–Trinajstić information content (AvgIpc) is 3.27. The molecule has 2 aromatic heterocycles. The molecule has 1 saturated heterocycles. The predicted octanol–water partition coefficient (Wildman–Crippen LogP) is 4.81. The Bertz CT molecular complexity index is 1590. The van der Waals surface area contributed by atoms with Crippen LogP contribution in [0.3, 0.4) is 0 Å². The van der Waals surface area contributed by atoms with Crippen LogP contribution < -0.4 is 21.0 Å². The summed E-state index contributed by atoms with van der Waals surface area (Å²) in [6.07, 6.45) is 1.51. The van der Waals surface area contributed by atoms with E-state index in [2.05, 4.69) is 27.7 Å². The molecule has 8 nitrogen and oxygen atoms in total. The second kappa shape index (κ2) is 9.56. The third-order valence-corrected chi connectivity index (χ3v) is 8.10. The molecule has 2 N–H and O–H groups in total. The molecule has 9 heteroatoms. The van der Waals surface area contributed by atoms with Gasteiger partial charge in [0, 0.05) is 42.0 Å². The quantitative estimate of drug-likeness (QED) is 0.382. The Labute approximate surface area is 224 Å².